The Bertz CT molecular complexity index is 331. The SMILES string of the molecule is O=C(O)Cc1cncn1C1CCSC1. The molecule has 2 rings (SSSR count). The summed E-state index contributed by atoms with van der Waals surface area (Å²) in [5.41, 5.74) is 0.810. The average molecular weight is 212 g/mol. The third-order valence-corrected chi connectivity index (χ3v) is 3.52. The van der Waals surface area contributed by atoms with Gasteiger partial charge in [-0.25, -0.2) is 4.98 Å². The van der Waals surface area contributed by atoms with E-state index in [1.54, 1.807) is 12.5 Å². The average Bonchev–Trinajstić information content (AvgIpc) is 2.70. The molecule has 0 aromatic carbocycles. The van der Waals surface area contributed by atoms with Crippen molar-refractivity contribution in [1.82, 2.24) is 9.55 Å². The first-order valence-electron chi connectivity index (χ1n) is 4.57. The highest BCUT2D eigenvalue weighted by Gasteiger charge is 2.19. The van der Waals surface area contributed by atoms with Crippen molar-refractivity contribution in [1.29, 1.82) is 0 Å². The van der Waals surface area contributed by atoms with Crippen LogP contribution in [0.2, 0.25) is 0 Å². The first kappa shape index (κ1) is 9.58. The number of rotatable bonds is 3. The van der Waals surface area contributed by atoms with E-state index in [0.29, 0.717) is 6.04 Å². The molecule has 0 amide bonds. The Morgan fingerprint density at radius 3 is 3.29 bits per heavy atom. The van der Waals surface area contributed by atoms with Crippen LogP contribution in [-0.4, -0.2) is 32.1 Å². The second-order valence-electron chi connectivity index (χ2n) is 3.38. The Labute approximate surface area is 86.3 Å². The van der Waals surface area contributed by atoms with Gasteiger partial charge in [-0.3, -0.25) is 4.79 Å². The van der Waals surface area contributed by atoms with E-state index in [1.165, 1.54) is 0 Å². The number of aromatic nitrogens is 2. The van der Waals surface area contributed by atoms with Gasteiger partial charge in [-0.15, -0.1) is 0 Å². The lowest BCUT2D eigenvalue weighted by molar-refractivity contribution is -0.136. The van der Waals surface area contributed by atoms with Crippen molar-refractivity contribution in [2.75, 3.05) is 11.5 Å². The number of nitrogens with zero attached hydrogens (tertiary/aromatic N) is 2. The predicted molar refractivity (Wildman–Crippen MR) is 54.5 cm³/mol. The predicted octanol–water partition coefficient (Wildman–Crippen LogP) is 1.19. The summed E-state index contributed by atoms with van der Waals surface area (Å²) in [5.74, 6) is 1.44. The molecule has 1 aromatic heterocycles. The summed E-state index contributed by atoms with van der Waals surface area (Å²) in [5, 5.41) is 8.71. The number of hydrogen-bond acceptors (Lipinski definition) is 3. The summed E-state index contributed by atoms with van der Waals surface area (Å²) in [7, 11) is 0. The van der Waals surface area contributed by atoms with Gasteiger partial charge in [-0.05, 0) is 12.2 Å². The number of aliphatic carboxylic acids is 1. The van der Waals surface area contributed by atoms with E-state index in [2.05, 4.69) is 4.98 Å². The minimum Gasteiger partial charge on any atom is -0.481 e. The molecule has 1 aliphatic heterocycles. The fourth-order valence-corrected chi connectivity index (χ4v) is 2.90. The maximum Gasteiger partial charge on any atom is 0.309 e. The molecule has 1 N–H and O–H groups in total. The highest BCUT2D eigenvalue weighted by atomic mass is 32.2. The monoisotopic (exact) mass is 212 g/mol. The van der Waals surface area contributed by atoms with Crippen LogP contribution >= 0.6 is 11.8 Å². The van der Waals surface area contributed by atoms with E-state index in [9.17, 15) is 4.79 Å². The van der Waals surface area contributed by atoms with Gasteiger partial charge in [0.15, 0.2) is 0 Å². The summed E-state index contributed by atoms with van der Waals surface area (Å²) in [6.07, 6.45) is 4.58. The Morgan fingerprint density at radius 2 is 2.64 bits per heavy atom. The minimum absolute atomic E-state index is 0.0706. The standard InChI is InChI=1S/C9H12N2O2S/c12-9(13)3-8-4-10-6-11(8)7-1-2-14-5-7/h4,6-7H,1-3,5H2,(H,12,13). The zero-order valence-corrected chi connectivity index (χ0v) is 8.54. The molecule has 0 bridgehead atoms. The number of carboxylic acid groups (broad SMARTS) is 1. The van der Waals surface area contributed by atoms with Crippen molar-refractivity contribution >= 4 is 17.7 Å². The van der Waals surface area contributed by atoms with Crippen LogP contribution in [0.3, 0.4) is 0 Å². The van der Waals surface area contributed by atoms with Crippen LogP contribution < -0.4 is 0 Å². The van der Waals surface area contributed by atoms with Gasteiger partial charge in [-0.1, -0.05) is 0 Å². The normalized spacial score (nSPS) is 21.3. The minimum atomic E-state index is -0.794. The third kappa shape index (κ3) is 1.92. The molecular formula is C9H12N2O2S. The topological polar surface area (TPSA) is 55.1 Å². The Morgan fingerprint density at radius 1 is 1.79 bits per heavy atom. The zero-order valence-electron chi connectivity index (χ0n) is 7.72. The molecule has 4 nitrogen and oxygen atoms in total. The van der Waals surface area contributed by atoms with E-state index in [-0.39, 0.29) is 6.42 Å². The Kier molecular flexibility index (Phi) is 2.77. The van der Waals surface area contributed by atoms with Gasteiger partial charge < -0.3 is 9.67 Å². The van der Waals surface area contributed by atoms with Crippen molar-refractivity contribution in [3.8, 4) is 0 Å². The fourth-order valence-electron chi connectivity index (χ4n) is 1.69. The molecule has 1 saturated heterocycles. The molecule has 0 aliphatic carbocycles. The molecular weight excluding hydrogens is 200 g/mol. The van der Waals surface area contributed by atoms with E-state index < -0.39 is 5.97 Å². The molecule has 5 heteroatoms. The van der Waals surface area contributed by atoms with E-state index in [1.807, 2.05) is 16.3 Å². The van der Waals surface area contributed by atoms with Crippen LogP contribution in [0.25, 0.3) is 0 Å². The van der Waals surface area contributed by atoms with Gasteiger partial charge in [0, 0.05) is 23.7 Å². The van der Waals surface area contributed by atoms with Gasteiger partial charge in [-0.2, -0.15) is 11.8 Å². The number of carbonyl (C=O) groups is 1. The molecule has 0 spiro atoms. The number of hydrogen-bond donors (Lipinski definition) is 1. The summed E-state index contributed by atoms with van der Waals surface area (Å²) >= 11 is 1.91. The fraction of sp³-hybridized carbons (Fsp3) is 0.556. The van der Waals surface area contributed by atoms with Crippen LogP contribution in [0, 0.1) is 0 Å². The van der Waals surface area contributed by atoms with Crippen molar-refractivity contribution in [2.24, 2.45) is 0 Å². The molecule has 14 heavy (non-hydrogen) atoms. The van der Waals surface area contributed by atoms with Gasteiger partial charge in [0.2, 0.25) is 0 Å². The smallest absolute Gasteiger partial charge is 0.309 e. The van der Waals surface area contributed by atoms with E-state index >= 15 is 0 Å². The number of carboxylic acids is 1. The lowest BCUT2D eigenvalue weighted by atomic mass is 10.2. The third-order valence-electron chi connectivity index (χ3n) is 2.38. The highest BCUT2D eigenvalue weighted by molar-refractivity contribution is 7.99. The summed E-state index contributed by atoms with van der Waals surface area (Å²) < 4.78 is 2.01. The van der Waals surface area contributed by atoms with Crippen LogP contribution in [0.4, 0.5) is 0 Å². The second kappa shape index (κ2) is 4.04. The first-order chi connectivity index (χ1) is 6.77. The van der Waals surface area contributed by atoms with E-state index in [0.717, 1.165) is 23.6 Å². The van der Waals surface area contributed by atoms with Crippen LogP contribution in [0.5, 0.6) is 0 Å². The molecule has 1 aliphatic rings. The summed E-state index contributed by atoms with van der Waals surface area (Å²) in [6.45, 7) is 0. The van der Waals surface area contributed by atoms with Gasteiger partial charge in [0.05, 0.1) is 12.7 Å². The molecule has 1 atom stereocenters. The number of thioether (sulfide) groups is 1. The largest absolute Gasteiger partial charge is 0.481 e. The van der Waals surface area contributed by atoms with Gasteiger partial charge in [0.25, 0.3) is 0 Å². The molecule has 0 saturated carbocycles. The molecule has 1 unspecified atom stereocenters. The van der Waals surface area contributed by atoms with Crippen molar-refractivity contribution in [3.05, 3.63) is 18.2 Å². The highest BCUT2D eigenvalue weighted by Crippen LogP contribution is 2.28. The maximum atomic E-state index is 10.6. The van der Waals surface area contributed by atoms with Gasteiger partial charge in [0.1, 0.15) is 0 Å². The Hall–Kier alpha value is -0.970. The first-order valence-corrected chi connectivity index (χ1v) is 5.73. The summed E-state index contributed by atoms with van der Waals surface area (Å²) in [6, 6.07) is 0.442. The van der Waals surface area contributed by atoms with Crippen LogP contribution in [-0.2, 0) is 11.2 Å². The zero-order chi connectivity index (χ0) is 9.97. The lowest BCUT2D eigenvalue weighted by Crippen LogP contribution is -2.13. The lowest BCUT2D eigenvalue weighted by Gasteiger charge is -2.13. The maximum absolute atomic E-state index is 10.6. The quantitative estimate of drug-likeness (QED) is 0.817. The van der Waals surface area contributed by atoms with Crippen LogP contribution in [0.1, 0.15) is 18.2 Å². The van der Waals surface area contributed by atoms with Crippen molar-refractivity contribution in [2.45, 2.75) is 18.9 Å². The van der Waals surface area contributed by atoms with E-state index in [4.69, 9.17) is 5.11 Å². The molecule has 2 heterocycles. The second-order valence-corrected chi connectivity index (χ2v) is 4.53. The Balaban J connectivity index is 2.15. The molecule has 1 aromatic rings. The number of imidazole rings is 1. The van der Waals surface area contributed by atoms with Crippen molar-refractivity contribution in [3.63, 3.8) is 0 Å². The molecule has 1 fully saturated rings. The molecule has 76 valence electrons. The van der Waals surface area contributed by atoms with Gasteiger partial charge >= 0.3 is 5.97 Å². The van der Waals surface area contributed by atoms with Crippen molar-refractivity contribution < 1.29 is 9.90 Å². The summed E-state index contributed by atoms with van der Waals surface area (Å²) in [4.78, 5) is 14.6. The molecule has 0 radical (unpaired) electrons. The van der Waals surface area contributed by atoms with Crippen LogP contribution in [0.15, 0.2) is 12.5 Å².